The summed E-state index contributed by atoms with van der Waals surface area (Å²) in [5.74, 6) is 1.50. The third-order valence-electron chi connectivity index (χ3n) is 4.70. The van der Waals surface area contributed by atoms with Crippen LogP contribution in [0, 0.1) is 0 Å². The lowest BCUT2D eigenvalue weighted by Crippen LogP contribution is -2.12. The summed E-state index contributed by atoms with van der Waals surface area (Å²) in [6, 6.07) is 15.2. The number of nitrogens with zero attached hydrogens (tertiary/aromatic N) is 2. The van der Waals surface area contributed by atoms with Gasteiger partial charge in [-0.15, -0.1) is 0 Å². The van der Waals surface area contributed by atoms with Crippen molar-refractivity contribution < 1.29 is 9.53 Å². The van der Waals surface area contributed by atoms with Gasteiger partial charge in [0.15, 0.2) is 5.16 Å². The summed E-state index contributed by atoms with van der Waals surface area (Å²) >= 11 is 1.57. The van der Waals surface area contributed by atoms with Gasteiger partial charge in [0.05, 0.1) is 6.10 Å². The molecule has 0 radical (unpaired) electrons. The van der Waals surface area contributed by atoms with Gasteiger partial charge in [-0.1, -0.05) is 23.9 Å². The van der Waals surface area contributed by atoms with Gasteiger partial charge in [0.2, 0.25) is 0 Å². The largest absolute Gasteiger partial charge is 0.490 e. The Kier molecular flexibility index (Phi) is 5.92. The highest BCUT2D eigenvalue weighted by molar-refractivity contribution is 7.98. The van der Waals surface area contributed by atoms with Crippen LogP contribution in [0.2, 0.25) is 0 Å². The summed E-state index contributed by atoms with van der Waals surface area (Å²) < 4.78 is 5.96. The van der Waals surface area contributed by atoms with Crippen molar-refractivity contribution in [3.63, 3.8) is 0 Å². The van der Waals surface area contributed by atoms with E-state index < -0.39 is 0 Å². The molecule has 1 aromatic heterocycles. The van der Waals surface area contributed by atoms with Gasteiger partial charge in [-0.3, -0.25) is 9.89 Å². The Balaban J connectivity index is 1.30. The Hall–Kier alpha value is -2.80. The van der Waals surface area contributed by atoms with Crippen LogP contribution in [0.15, 0.2) is 60.0 Å². The van der Waals surface area contributed by atoms with Crippen LogP contribution in [0.3, 0.4) is 0 Å². The van der Waals surface area contributed by atoms with E-state index in [1.54, 1.807) is 11.8 Å². The fourth-order valence-electron chi connectivity index (χ4n) is 3.19. The highest BCUT2D eigenvalue weighted by Crippen LogP contribution is 2.25. The molecule has 0 saturated heterocycles. The minimum Gasteiger partial charge on any atom is -0.490 e. The maximum Gasteiger partial charge on any atom is 0.255 e. The molecule has 1 saturated carbocycles. The first-order valence-electron chi connectivity index (χ1n) is 9.41. The van der Waals surface area contributed by atoms with Crippen LogP contribution in [0.25, 0.3) is 0 Å². The number of aromatic nitrogens is 3. The van der Waals surface area contributed by atoms with Gasteiger partial charge in [-0.2, -0.15) is 5.10 Å². The number of amides is 1. The molecular weight excluding hydrogens is 372 g/mol. The zero-order valence-corrected chi connectivity index (χ0v) is 16.2. The van der Waals surface area contributed by atoms with Gasteiger partial charge in [0.1, 0.15) is 12.1 Å². The van der Waals surface area contributed by atoms with Crippen molar-refractivity contribution in [3.05, 3.63) is 66.0 Å². The molecule has 2 N–H and O–H groups in total. The number of hydrogen-bond acceptors (Lipinski definition) is 5. The number of thioether (sulfide) groups is 1. The monoisotopic (exact) mass is 394 g/mol. The minimum atomic E-state index is -0.126. The van der Waals surface area contributed by atoms with Crippen LogP contribution < -0.4 is 10.1 Å². The maximum absolute atomic E-state index is 12.5. The van der Waals surface area contributed by atoms with Crippen LogP contribution in [0.5, 0.6) is 5.75 Å². The molecular formula is C21H22N4O2S. The molecule has 0 unspecified atom stereocenters. The normalized spacial score (nSPS) is 14.1. The van der Waals surface area contributed by atoms with Gasteiger partial charge in [-0.05, 0) is 67.6 Å². The van der Waals surface area contributed by atoms with Gasteiger partial charge in [0.25, 0.3) is 5.91 Å². The fourth-order valence-corrected chi connectivity index (χ4v) is 3.92. The number of aromatic amines is 1. The molecule has 0 atom stereocenters. The van der Waals surface area contributed by atoms with Crippen LogP contribution in [-0.2, 0) is 5.75 Å². The lowest BCUT2D eigenvalue weighted by Gasteiger charge is -2.13. The smallest absolute Gasteiger partial charge is 0.255 e. The maximum atomic E-state index is 12.5. The van der Waals surface area contributed by atoms with E-state index in [1.807, 2.05) is 48.5 Å². The molecule has 1 fully saturated rings. The van der Waals surface area contributed by atoms with Crippen LogP contribution >= 0.6 is 11.8 Å². The minimum absolute atomic E-state index is 0.126. The first-order valence-corrected chi connectivity index (χ1v) is 10.4. The molecule has 28 heavy (non-hydrogen) atoms. The summed E-state index contributed by atoms with van der Waals surface area (Å²) in [4.78, 5) is 16.5. The number of carbonyl (C=O) groups excluding carboxylic acids is 1. The molecule has 0 bridgehead atoms. The number of H-pyrrole nitrogens is 1. The predicted octanol–water partition coefficient (Wildman–Crippen LogP) is 4.67. The lowest BCUT2D eigenvalue weighted by molar-refractivity contribution is 0.102. The number of carbonyl (C=O) groups is 1. The zero-order chi connectivity index (χ0) is 19.2. The molecule has 1 aliphatic carbocycles. The molecule has 4 rings (SSSR count). The van der Waals surface area contributed by atoms with Gasteiger partial charge < -0.3 is 10.1 Å². The molecule has 6 nitrogen and oxygen atoms in total. The van der Waals surface area contributed by atoms with Crippen LogP contribution in [-0.4, -0.2) is 27.2 Å². The molecule has 2 aromatic carbocycles. The molecule has 144 valence electrons. The number of ether oxygens (including phenoxy) is 1. The molecule has 3 aromatic rings. The van der Waals surface area contributed by atoms with E-state index in [9.17, 15) is 4.79 Å². The van der Waals surface area contributed by atoms with E-state index in [4.69, 9.17) is 4.74 Å². The number of hydrogen-bond donors (Lipinski definition) is 2. The third-order valence-corrected chi connectivity index (χ3v) is 5.65. The Morgan fingerprint density at radius 3 is 2.54 bits per heavy atom. The van der Waals surface area contributed by atoms with E-state index in [-0.39, 0.29) is 5.91 Å². The average Bonchev–Trinajstić information content (AvgIpc) is 3.42. The number of benzene rings is 2. The van der Waals surface area contributed by atoms with Crippen LogP contribution in [0.4, 0.5) is 5.69 Å². The van der Waals surface area contributed by atoms with Crippen molar-refractivity contribution in [2.45, 2.75) is 42.7 Å². The van der Waals surface area contributed by atoms with E-state index in [0.717, 1.165) is 40.8 Å². The summed E-state index contributed by atoms with van der Waals surface area (Å²) in [5.41, 5.74) is 2.50. The number of anilines is 1. The molecule has 1 heterocycles. The van der Waals surface area contributed by atoms with Gasteiger partial charge in [-0.25, -0.2) is 4.98 Å². The Bertz CT molecular complexity index is 889. The van der Waals surface area contributed by atoms with Crippen molar-refractivity contribution in [1.82, 2.24) is 15.2 Å². The van der Waals surface area contributed by atoms with Crippen molar-refractivity contribution >= 4 is 23.4 Å². The van der Waals surface area contributed by atoms with Gasteiger partial charge in [0, 0.05) is 17.0 Å². The standard InChI is InChI=1S/C21H22N4O2S/c26-20(16-7-5-15(6-8-16)13-28-21-22-14-23-25-21)24-17-9-11-19(12-10-17)27-18-3-1-2-4-18/h5-12,14,18H,1-4,13H2,(H,24,26)(H,22,23,25). The van der Waals surface area contributed by atoms with E-state index in [2.05, 4.69) is 20.5 Å². The van der Waals surface area contributed by atoms with Gasteiger partial charge >= 0.3 is 0 Å². The SMILES string of the molecule is O=C(Nc1ccc(OC2CCCC2)cc1)c1ccc(CSc2ncn[nH]2)cc1. The highest BCUT2D eigenvalue weighted by Gasteiger charge is 2.16. The summed E-state index contributed by atoms with van der Waals surface area (Å²) in [6.07, 6.45) is 6.58. The second kappa shape index (κ2) is 8.93. The lowest BCUT2D eigenvalue weighted by atomic mass is 10.1. The number of rotatable bonds is 7. The van der Waals surface area contributed by atoms with Crippen molar-refractivity contribution in [1.29, 1.82) is 0 Å². The van der Waals surface area contributed by atoms with E-state index in [1.165, 1.54) is 19.2 Å². The van der Waals surface area contributed by atoms with Crippen molar-refractivity contribution in [2.24, 2.45) is 0 Å². The molecule has 0 aliphatic heterocycles. The summed E-state index contributed by atoms with van der Waals surface area (Å²) in [6.45, 7) is 0. The topological polar surface area (TPSA) is 79.9 Å². The number of nitrogens with one attached hydrogen (secondary N) is 2. The van der Waals surface area contributed by atoms with Crippen molar-refractivity contribution in [3.8, 4) is 5.75 Å². The average molecular weight is 394 g/mol. The first-order chi connectivity index (χ1) is 13.8. The first kappa shape index (κ1) is 18.6. The Morgan fingerprint density at radius 2 is 1.86 bits per heavy atom. The molecule has 1 aliphatic rings. The highest BCUT2D eigenvalue weighted by atomic mass is 32.2. The van der Waals surface area contributed by atoms with E-state index >= 15 is 0 Å². The summed E-state index contributed by atoms with van der Waals surface area (Å²) in [5, 5.41) is 10.4. The molecule has 7 heteroatoms. The second-order valence-corrected chi connectivity index (χ2v) is 7.74. The predicted molar refractivity (Wildman–Crippen MR) is 110 cm³/mol. The third kappa shape index (κ3) is 4.92. The molecule has 1 amide bonds. The Morgan fingerprint density at radius 1 is 1.11 bits per heavy atom. The summed E-state index contributed by atoms with van der Waals surface area (Å²) in [7, 11) is 0. The van der Waals surface area contributed by atoms with Crippen LogP contribution in [0.1, 0.15) is 41.6 Å². The fraction of sp³-hybridized carbons (Fsp3) is 0.286. The second-order valence-electron chi connectivity index (χ2n) is 6.78. The quantitative estimate of drug-likeness (QED) is 0.569. The Labute approximate surface area is 168 Å². The molecule has 0 spiro atoms. The zero-order valence-electron chi connectivity index (χ0n) is 15.4. The van der Waals surface area contributed by atoms with E-state index in [0.29, 0.717) is 11.7 Å². The van der Waals surface area contributed by atoms with Crippen molar-refractivity contribution in [2.75, 3.05) is 5.32 Å².